The van der Waals surface area contributed by atoms with Gasteiger partial charge in [-0.2, -0.15) is 12.6 Å². The lowest BCUT2D eigenvalue weighted by Gasteiger charge is -2.03. The van der Waals surface area contributed by atoms with E-state index in [2.05, 4.69) is 19.2 Å². The maximum Gasteiger partial charge on any atom is -0.00979 e. The third-order valence-electron chi connectivity index (χ3n) is 4.07. The molecular formula is C19H38S. The molecule has 0 spiro atoms. The van der Waals surface area contributed by atoms with Gasteiger partial charge < -0.3 is 0 Å². The number of unbranched alkanes of at least 4 members (excludes halogenated alkanes) is 15. The van der Waals surface area contributed by atoms with Crippen LogP contribution in [-0.4, -0.2) is 5.75 Å². The Morgan fingerprint density at radius 2 is 0.800 bits per heavy atom. The molecule has 0 N–H and O–H groups in total. The lowest BCUT2D eigenvalue weighted by atomic mass is 10.0. The van der Waals surface area contributed by atoms with Crippen molar-refractivity contribution in [3.63, 3.8) is 0 Å². The van der Waals surface area contributed by atoms with Gasteiger partial charge in [0.1, 0.15) is 0 Å². The lowest BCUT2D eigenvalue weighted by Crippen LogP contribution is -1.83. The number of hydrogen-bond acceptors (Lipinski definition) is 1. The Kier molecular flexibility index (Phi) is 19.2. The number of hydrogen-bond donors (Lipinski definition) is 1. The molecule has 0 unspecified atom stereocenters. The zero-order chi connectivity index (χ0) is 14.7. The van der Waals surface area contributed by atoms with Crippen LogP contribution in [-0.2, 0) is 0 Å². The quantitative estimate of drug-likeness (QED) is 0.162. The van der Waals surface area contributed by atoms with Gasteiger partial charge in [-0.1, -0.05) is 89.5 Å². The summed E-state index contributed by atoms with van der Waals surface area (Å²) in [5, 5.41) is 0. The van der Waals surface area contributed by atoms with Gasteiger partial charge >= 0.3 is 0 Å². The average Bonchev–Trinajstić information content (AvgIpc) is 2.47. The van der Waals surface area contributed by atoms with E-state index in [9.17, 15) is 0 Å². The van der Waals surface area contributed by atoms with Crippen LogP contribution in [0, 0.1) is 0 Å². The first-order chi connectivity index (χ1) is 9.91. The van der Waals surface area contributed by atoms with E-state index in [1.165, 1.54) is 103 Å². The largest absolute Gasteiger partial charge is 0.179 e. The van der Waals surface area contributed by atoms with Gasteiger partial charge in [0.05, 0.1) is 0 Å². The van der Waals surface area contributed by atoms with Crippen molar-refractivity contribution < 1.29 is 0 Å². The monoisotopic (exact) mass is 298 g/mol. The summed E-state index contributed by atoms with van der Waals surface area (Å²) in [7, 11) is 0. The van der Waals surface area contributed by atoms with E-state index in [0.29, 0.717) is 0 Å². The smallest absolute Gasteiger partial charge is 0.00979 e. The standard InChI is InChI=1S/C19H38S/c1-2-3-4-5-6-7-8-9-10-11-12-13-14-15-16-17-18-19-20/h2,20H,1,3-19H2. The molecule has 0 aliphatic carbocycles. The second-order valence-corrected chi connectivity index (χ2v) is 6.55. The van der Waals surface area contributed by atoms with Gasteiger partial charge in [0.15, 0.2) is 0 Å². The van der Waals surface area contributed by atoms with Gasteiger partial charge in [0.25, 0.3) is 0 Å². The molecule has 0 amide bonds. The third kappa shape index (κ3) is 18.1. The summed E-state index contributed by atoms with van der Waals surface area (Å²) in [5.41, 5.74) is 0. The van der Waals surface area contributed by atoms with Crippen molar-refractivity contribution in [3.05, 3.63) is 12.7 Å². The first kappa shape index (κ1) is 20.1. The second kappa shape index (κ2) is 19.1. The summed E-state index contributed by atoms with van der Waals surface area (Å²) in [4.78, 5) is 0. The van der Waals surface area contributed by atoms with Crippen LogP contribution in [0.25, 0.3) is 0 Å². The van der Waals surface area contributed by atoms with Gasteiger partial charge in [-0.15, -0.1) is 6.58 Å². The molecule has 0 aliphatic heterocycles. The minimum Gasteiger partial charge on any atom is -0.179 e. The minimum atomic E-state index is 1.06. The van der Waals surface area contributed by atoms with E-state index in [0.717, 1.165) is 5.75 Å². The van der Waals surface area contributed by atoms with Crippen LogP contribution in [0.1, 0.15) is 103 Å². The predicted octanol–water partition coefficient (Wildman–Crippen LogP) is 7.34. The Morgan fingerprint density at radius 3 is 1.10 bits per heavy atom. The Labute approximate surface area is 134 Å². The van der Waals surface area contributed by atoms with E-state index in [-0.39, 0.29) is 0 Å². The molecule has 0 radical (unpaired) electrons. The minimum absolute atomic E-state index is 1.06. The van der Waals surface area contributed by atoms with Gasteiger partial charge in [-0.05, 0) is 25.0 Å². The molecule has 0 rings (SSSR count). The van der Waals surface area contributed by atoms with Crippen LogP contribution in [0.4, 0.5) is 0 Å². The van der Waals surface area contributed by atoms with Crippen molar-refractivity contribution in [1.29, 1.82) is 0 Å². The summed E-state index contributed by atoms with van der Waals surface area (Å²) < 4.78 is 0. The summed E-state index contributed by atoms with van der Waals surface area (Å²) in [5.74, 6) is 1.06. The zero-order valence-corrected chi connectivity index (χ0v) is 14.6. The van der Waals surface area contributed by atoms with Crippen molar-refractivity contribution >= 4 is 12.6 Å². The SMILES string of the molecule is C=CCCCCCCCCCCCCCCCCCS. The fourth-order valence-electron chi connectivity index (χ4n) is 2.70. The van der Waals surface area contributed by atoms with Crippen LogP contribution < -0.4 is 0 Å². The van der Waals surface area contributed by atoms with Crippen molar-refractivity contribution in [3.8, 4) is 0 Å². The van der Waals surface area contributed by atoms with Crippen LogP contribution in [0.2, 0.25) is 0 Å². The van der Waals surface area contributed by atoms with E-state index >= 15 is 0 Å². The fourth-order valence-corrected chi connectivity index (χ4v) is 2.92. The number of rotatable bonds is 17. The zero-order valence-electron chi connectivity index (χ0n) is 13.8. The van der Waals surface area contributed by atoms with Gasteiger partial charge in [0.2, 0.25) is 0 Å². The molecule has 20 heavy (non-hydrogen) atoms. The summed E-state index contributed by atoms with van der Waals surface area (Å²) in [6, 6.07) is 0. The molecule has 0 saturated heterocycles. The Bertz CT molecular complexity index is 177. The Morgan fingerprint density at radius 1 is 0.500 bits per heavy atom. The van der Waals surface area contributed by atoms with Gasteiger partial charge in [-0.3, -0.25) is 0 Å². The van der Waals surface area contributed by atoms with Crippen LogP contribution >= 0.6 is 12.6 Å². The van der Waals surface area contributed by atoms with Crippen molar-refractivity contribution in [2.75, 3.05) is 5.75 Å². The highest BCUT2D eigenvalue weighted by atomic mass is 32.1. The maximum atomic E-state index is 4.24. The molecule has 1 heteroatoms. The second-order valence-electron chi connectivity index (χ2n) is 6.10. The highest BCUT2D eigenvalue weighted by Gasteiger charge is 1.94. The van der Waals surface area contributed by atoms with Crippen molar-refractivity contribution in [2.24, 2.45) is 0 Å². The van der Waals surface area contributed by atoms with Crippen molar-refractivity contribution in [1.82, 2.24) is 0 Å². The van der Waals surface area contributed by atoms with Gasteiger partial charge in [-0.25, -0.2) is 0 Å². The predicted molar refractivity (Wildman–Crippen MR) is 97.9 cm³/mol. The molecule has 0 heterocycles. The third-order valence-corrected chi connectivity index (χ3v) is 4.38. The Hall–Kier alpha value is 0.0900. The first-order valence-electron chi connectivity index (χ1n) is 9.13. The molecular weight excluding hydrogens is 260 g/mol. The maximum absolute atomic E-state index is 4.24. The molecule has 0 aromatic carbocycles. The fraction of sp³-hybridized carbons (Fsp3) is 0.895. The average molecular weight is 299 g/mol. The normalized spacial score (nSPS) is 10.8. The topological polar surface area (TPSA) is 0 Å². The molecule has 0 bridgehead atoms. The Balaban J connectivity index is 2.90. The molecule has 0 atom stereocenters. The van der Waals surface area contributed by atoms with E-state index in [4.69, 9.17) is 0 Å². The first-order valence-corrected chi connectivity index (χ1v) is 9.77. The molecule has 0 nitrogen and oxygen atoms in total. The van der Waals surface area contributed by atoms with Gasteiger partial charge in [0, 0.05) is 0 Å². The van der Waals surface area contributed by atoms with Crippen molar-refractivity contribution in [2.45, 2.75) is 103 Å². The number of thiol groups is 1. The summed E-state index contributed by atoms with van der Waals surface area (Å²) in [6.45, 7) is 3.76. The van der Waals surface area contributed by atoms with Crippen LogP contribution in [0.15, 0.2) is 12.7 Å². The van der Waals surface area contributed by atoms with E-state index in [1.54, 1.807) is 0 Å². The van der Waals surface area contributed by atoms with Crippen LogP contribution in [0.5, 0.6) is 0 Å². The molecule has 0 saturated carbocycles. The molecule has 120 valence electrons. The highest BCUT2D eigenvalue weighted by Crippen LogP contribution is 2.13. The van der Waals surface area contributed by atoms with E-state index in [1.807, 2.05) is 6.08 Å². The molecule has 0 aromatic heterocycles. The molecule has 0 fully saturated rings. The molecule has 0 aliphatic rings. The van der Waals surface area contributed by atoms with Crippen LogP contribution in [0.3, 0.4) is 0 Å². The van der Waals surface area contributed by atoms with E-state index < -0.39 is 0 Å². The number of allylic oxidation sites excluding steroid dienone is 1. The molecule has 0 aromatic rings. The summed E-state index contributed by atoms with van der Waals surface area (Å²) in [6.07, 6.45) is 24.6. The highest BCUT2D eigenvalue weighted by molar-refractivity contribution is 7.80. The summed E-state index contributed by atoms with van der Waals surface area (Å²) >= 11 is 4.24. The lowest BCUT2D eigenvalue weighted by molar-refractivity contribution is 0.533.